The van der Waals surface area contributed by atoms with Crippen molar-refractivity contribution in [1.82, 2.24) is 15.1 Å². The number of hydrogen-bond acceptors (Lipinski definition) is 3. The van der Waals surface area contributed by atoms with Crippen LogP contribution in [0.1, 0.15) is 25.0 Å². The quantitative estimate of drug-likeness (QED) is 0.763. The van der Waals surface area contributed by atoms with Crippen molar-refractivity contribution >= 4 is 0 Å². The van der Waals surface area contributed by atoms with E-state index in [1.807, 2.05) is 17.9 Å². The summed E-state index contributed by atoms with van der Waals surface area (Å²) in [5.41, 5.74) is 6.98. The van der Waals surface area contributed by atoms with Crippen LogP contribution in [0.4, 0.5) is 0 Å². The summed E-state index contributed by atoms with van der Waals surface area (Å²) in [4.78, 5) is 0. The molecule has 0 amide bonds. The van der Waals surface area contributed by atoms with Gasteiger partial charge in [0.2, 0.25) is 0 Å². The fraction of sp³-hybridized carbons (Fsp3) is 0.727. The molecule has 0 saturated heterocycles. The molecule has 0 bridgehead atoms. The molecule has 1 heterocycles. The van der Waals surface area contributed by atoms with Crippen molar-refractivity contribution in [3.8, 4) is 0 Å². The summed E-state index contributed by atoms with van der Waals surface area (Å²) in [7, 11) is 1.98. The topological polar surface area (TPSA) is 55.9 Å². The monoisotopic (exact) mass is 208 g/mol. The summed E-state index contributed by atoms with van der Waals surface area (Å²) in [5, 5.41) is 7.74. The molecule has 3 N–H and O–H groups in total. The fourth-order valence-corrected chi connectivity index (χ4v) is 2.40. The van der Waals surface area contributed by atoms with E-state index in [1.165, 1.54) is 25.0 Å². The SMILES string of the molecule is Cn1nccc1CNC1CCCC1CN. The summed E-state index contributed by atoms with van der Waals surface area (Å²) < 4.78 is 1.92. The van der Waals surface area contributed by atoms with Crippen LogP contribution in [0.3, 0.4) is 0 Å². The number of nitrogens with two attached hydrogens (primary N) is 1. The van der Waals surface area contributed by atoms with Gasteiger partial charge in [0.05, 0.1) is 5.69 Å². The third-order valence-electron chi connectivity index (χ3n) is 3.43. The second-order valence-corrected chi connectivity index (χ2v) is 4.36. The molecule has 1 aromatic rings. The van der Waals surface area contributed by atoms with E-state index in [1.54, 1.807) is 0 Å². The van der Waals surface area contributed by atoms with Gasteiger partial charge in [-0.3, -0.25) is 4.68 Å². The summed E-state index contributed by atoms with van der Waals surface area (Å²) in [6.07, 6.45) is 5.69. The molecular weight excluding hydrogens is 188 g/mol. The number of nitrogens with one attached hydrogen (secondary N) is 1. The number of aromatic nitrogens is 2. The molecule has 15 heavy (non-hydrogen) atoms. The third kappa shape index (κ3) is 2.38. The first-order valence-corrected chi connectivity index (χ1v) is 5.71. The molecule has 84 valence electrons. The highest BCUT2D eigenvalue weighted by atomic mass is 15.3. The maximum absolute atomic E-state index is 5.75. The second-order valence-electron chi connectivity index (χ2n) is 4.36. The molecule has 0 radical (unpaired) electrons. The molecule has 1 saturated carbocycles. The van der Waals surface area contributed by atoms with Gasteiger partial charge in [0.15, 0.2) is 0 Å². The molecule has 2 atom stereocenters. The lowest BCUT2D eigenvalue weighted by molar-refractivity contribution is 0.401. The van der Waals surface area contributed by atoms with Gasteiger partial charge in [-0.2, -0.15) is 5.10 Å². The first-order valence-electron chi connectivity index (χ1n) is 5.71. The van der Waals surface area contributed by atoms with Crippen molar-refractivity contribution in [3.63, 3.8) is 0 Å². The van der Waals surface area contributed by atoms with Gasteiger partial charge in [-0.05, 0) is 31.4 Å². The lowest BCUT2D eigenvalue weighted by Crippen LogP contribution is -2.35. The minimum absolute atomic E-state index is 0.602. The molecule has 1 aliphatic carbocycles. The van der Waals surface area contributed by atoms with Crippen LogP contribution in [0, 0.1) is 5.92 Å². The van der Waals surface area contributed by atoms with E-state index in [0.717, 1.165) is 13.1 Å². The van der Waals surface area contributed by atoms with Gasteiger partial charge in [0.25, 0.3) is 0 Å². The van der Waals surface area contributed by atoms with Crippen molar-refractivity contribution in [2.24, 2.45) is 18.7 Å². The first kappa shape index (κ1) is 10.6. The normalized spacial score (nSPS) is 26.0. The largest absolute Gasteiger partial charge is 0.330 e. The van der Waals surface area contributed by atoms with Crippen LogP contribution in [0.25, 0.3) is 0 Å². The van der Waals surface area contributed by atoms with Crippen LogP contribution in [0.15, 0.2) is 12.3 Å². The molecule has 0 spiro atoms. The molecule has 4 heteroatoms. The fourth-order valence-electron chi connectivity index (χ4n) is 2.40. The van der Waals surface area contributed by atoms with Crippen LogP contribution in [0.2, 0.25) is 0 Å². The van der Waals surface area contributed by atoms with Gasteiger partial charge in [-0.15, -0.1) is 0 Å². The Morgan fingerprint density at radius 3 is 3.13 bits per heavy atom. The minimum atomic E-state index is 0.602. The van der Waals surface area contributed by atoms with E-state index in [4.69, 9.17) is 5.73 Å². The standard InChI is InChI=1S/C11H20N4/c1-15-10(5-6-14-15)8-13-11-4-2-3-9(11)7-12/h5-6,9,11,13H,2-4,7-8,12H2,1H3. The predicted octanol–water partition coefficient (Wildman–Crippen LogP) is 0.637. The average molecular weight is 208 g/mol. The van der Waals surface area contributed by atoms with Gasteiger partial charge in [0, 0.05) is 25.8 Å². The lowest BCUT2D eigenvalue weighted by atomic mass is 10.0. The zero-order chi connectivity index (χ0) is 10.7. The van der Waals surface area contributed by atoms with Crippen LogP contribution in [-0.4, -0.2) is 22.4 Å². The van der Waals surface area contributed by atoms with Crippen molar-refractivity contribution < 1.29 is 0 Å². The van der Waals surface area contributed by atoms with Gasteiger partial charge in [-0.1, -0.05) is 6.42 Å². The van der Waals surface area contributed by atoms with Gasteiger partial charge >= 0.3 is 0 Å². The average Bonchev–Trinajstić information content (AvgIpc) is 2.83. The Labute approximate surface area is 90.8 Å². The smallest absolute Gasteiger partial charge is 0.0518 e. The van der Waals surface area contributed by atoms with Crippen LogP contribution in [-0.2, 0) is 13.6 Å². The van der Waals surface area contributed by atoms with Crippen LogP contribution < -0.4 is 11.1 Å². The number of hydrogen-bond donors (Lipinski definition) is 2. The molecule has 1 aromatic heterocycles. The van der Waals surface area contributed by atoms with E-state index < -0.39 is 0 Å². The Balaban J connectivity index is 1.85. The van der Waals surface area contributed by atoms with Gasteiger partial charge in [-0.25, -0.2) is 0 Å². The molecule has 4 nitrogen and oxygen atoms in total. The number of nitrogens with zero attached hydrogens (tertiary/aromatic N) is 2. The van der Waals surface area contributed by atoms with Crippen molar-refractivity contribution in [3.05, 3.63) is 18.0 Å². The zero-order valence-corrected chi connectivity index (χ0v) is 9.32. The van der Waals surface area contributed by atoms with E-state index >= 15 is 0 Å². The van der Waals surface area contributed by atoms with E-state index in [0.29, 0.717) is 12.0 Å². The van der Waals surface area contributed by atoms with Crippen LogP contribution >= 0.6 is 0 Å². The molecule has 0 aliphatic heterocycles. The molecule has 2 rings (SSSR count). The molecule has 0 aromatic carbocycles. The maximum atomic E-state index is 5.75. The van der Waals surface area contributed by atoms with Crippen molar-refractivity contribution in [1.29, 1.82) is 0 Å². The van der Waals surface area contributed by atoms with E-state index in [2.05, 4.69) is 16.5 Å². The summed E-state index contributed by atoms with van der Waals surface area (Å²) in [6, 6.07) is 2.66. The van der Waals surface area contributed by atoms with Crippen molar-refractivity contribution in [2.45, 2.75) is 31.8 Å². The van der Waals surface area contributed by atoms with Gasteiger partial charge < -0.3 is 11.1 Å². The first-order chi connectivity index (χ1) is 7.31. The van der Waals surface area contributed by atoms with Crippen LogP contribution in [0.5, 0.6) is 0 Å². The van der Waals surface area contributed by atoms with E-state index in [9.17, 15) is 0 Å². The Morgan fingerprint density at radius 2 is 2.47 bits per heavy atom. The highest BCUT2D eigenvalue weighted by molar-refractivity contribution is 5.00. The molecule has 2 unspecified atom stereocenters. The molecule has 1 aliphatic rings. The van der Waals surface area contributed by atoms with E-state index in [-0.39, 0.29) is 0 Å². The number of aryl methyl sites for hydroxylation is 1. The van der Waals surface area contributed by atoms with Crippen molar-refractivity contribution in [2.75, 3.05) is 6.54 Å². The maximum Gasteiger partial charge on any atom is 0.0518 e. The highest BCUT2D eigenvalue weighted by Crippen LogP contribution is 2.24. The molecular formula is C11H20N4. The zero-order valence-electron chi connectivity index (χ0n) is 9.32. The lowest BCUT2D eigenvalue weighted by Gasteiger charge is -2.19. The Hall–Kier alpha value is -0.870. The Kier molecular flexibility index (Phi) is 3.38. The summed E-state index contributed by atoms with van der Waals surface area (Å²) in [6.45, 7) is 1.71. The third-order valence-corrected chi connectivity index (χ3v) is 3.43. The highest BCUT2D eigenvalue weighted by Gasteiger charge is 2.25. The summed E-state index contributed by atoms with van der Waals surface area (Å²) >= 11 is 0. The number of rotatable bonds is 4. The van der Waals surface area contributed by atoms with Gasteiger partial charge in [0.1, 0.15) is 0 Å². The summed E-state index contributed by atoms with van der Waals surface area (Å²) in [5.74, 6) is 0.665. The molecule has 1 fully saturated rings. The second kappa shape index (κ2) is 4.77. The Bertz CT molecular complexity index is 307. The predicted molar refractivity (Wildman–Crippen MR) is 60.2 cm³/mol. The minimum Gasteiger partial charge on any atom is -0.330 e. The Morgan fingerprint density at radius 1 is 1.60 bits per heavy atom.